The molecule has 31 heavy (non-hydrogen) atoms. The number of likely N-dealkylation sites (N-methyl/N-ethyl adjacent to an activating group) is 1. The lowest BCUT2D eigenvalue weighted by atomic mass is 10.0. The molecule has 3 rings (SSSR count). The van der Waals surface area contributed by atoms with Crippen molar-refractivity contribution in [1.82, 2.24) is 10.2 Å². The third kappa shape index (κ3) is 6.54. The third-order valence-corrected chi connectivity index (χ3v) is 5.46. The molecule has 0 heterocycles. The highest BCUT2D eigenvalue weighted by atomic mass is 16.2. The van der Waals surface area contributed by atoms with Crippen LogP contribution in [0.25, 0.3) is 0 Å². The van der Waals surface area contributed by atoms with Crippen molar-refractivity contribution in [2.45, 2.75) is 38.8 Å². The molecule has 0 saturated carbocycles. The molecule has 0 fully saturated rings. The standard InChI is InChI=1S/C27H30N2O2/c1-21-13-15-24(16-14-21)20-29(26(30)18-17-22-9-5-3-6-10-22)25(27(31)28-2)19-23-11-7-4-8-12-23/h3-16,25H,17-20H2,1-2H3,(H,28,31)/t25-/m0/s1. The molecule has 3 aromatic carbocycles. The summed E-state index contributed by atoms with van der Waals surface area (Å²) < 4.78 is 0. The highest BCUT2D eigenvalue weighted by molar-refractivity contribution is 5.88. The van der Waals surface area contributed by atoms with E-state index in [1.807, 2.05) is 91.9 Å². The predicted octanol–water partition coefficient (Wildman–Crippen LogP) is 4.31. The van der Waals surface area contributed by atoms with Gasteiger partial charge in [0.2, 0.25) is 11.8 Å². The number of benzene rings is 3. The summed E-state index contributed by atoms with van der Waals surface area (Å²) in [5.41, 5.74) is 4.32. The SMILES string of the molecule is CNC(=O)[C@H](Cc1ccccc1)N(Cc1ccc(C)cc1)C(=O)CCc1ccccc1. The fourth-order valence-corrected chi connectivity index (χ4v) is 3.65. The van der Waals surface area contributed by atoms with Gasteiger partial charge in [0, 0.05) is 26.4 Å². The van der Waals surface area contributed by atoms with Crippen LogP contribution < -0.4 is 5.32 Å². The van der Waals surface area contributed by atoms with Crippen LogP contribution in [0, 0.1) is 6.92 Å². The number of nitrogens with zero attached hydrogens (tertiary/aromatic N) is 1. The quantitative estimate of drug-likeness (QED) is 0.567. The number of aryl methyl sites for hydroxylation is 2. The zero-order chi connectivity index (χ0) is 22.1. The molecule has 1 atom stereocenters. The van der Waals surface area contributed by atoms with Gasteiger partial charge in [-0.15, -0.1) is 0 Å². The molecule has 0 unspecified atom stereocenters. The minimum Gasteiger partial charge on any atom is -0.357 e. The molecule has 1 N–H and O–H groups in total. The highest BCUT2D eigenvalue weighted by Gasteiger charge is 2.29. The maximum absolute atomic E-state index is 13.4. The molecular weight excluding hydrogens is 384 g/mol. The van der Waals surface area contributed by atoms with Crippen LogP contribution in [-0.2, 0) is 29.0 Å². The Morgan fingerprint density at radius 1 is 0.806 bits per heavy atom. The first-order chi connectivity index (χ1) is 15.1. The maximum atomic E-state index is 13.4. The minimum atomic E-state index is -0.572. The normalized spacial score (nSPS) is 11.5. The summed E-state index contributed by atoms with van der Waals surface area (Å²) >= 11 is 0. The van der Waals surface area contributed by atoms with Crippen LogP contribution in [0.3, 0.4) is 0 Å². The van der Waals surface area contributed by atoms with E-state index in [0.717, 1.165) is 22.3 Å². The van der Waals surface area contributed by atoms with E-state index in [2.05, 4.69) is 5.32 Å². The first-order valence-corrected chi connectivity index (χ1v) is 10.7. The van der Waals surface area contributed by atoms with Gasteiger partial charge in [-0.1, -0.05) is 90.5 Å². The second-order valence-electron chi connectivity index (χ2n) is 7.81. The highest BCUT2D eigenvalue weighted by Crippen LogP contribution is 2.17. The van der Waals surface area contributed by atoms with Crippen LogP contribution in [0.15, 0.2) is 84.9 Å². The first-order valence-electron chi connectivity index (χ1n) is 10.7. The van der Waals surface area contributed by atoms with Crippen molar-refractivity contribution in [1.29, 1.82) is 0 Å². The van der Waals surface area contributed by atoms with E-state index in [-0.39, 0.29) is 11.8 Å². The largest absolute Gasteiger partial charge is 0.357 e. The van der Waals surface area contributed by atoms with E-state index in [0.29, 0.717) is 25.8 Å². The predicted molar refractivity (Wildman–Crippen MR) is 124 cm³/mol. The summed E-state index contributed by atoms with van der Waals surface area (Å²) in [7, 11) is 1.62. The molecule has 3 aromatic rings. The Morgan fingerprint density at radius 2 is 1.39 bits per heavy atom. The maximum Gasteiger partial charge on any atom is 0.242 e. The van der Waals surface area contributed by atoms with E-state index < -0.39 is 6.04 Å². The Hall–Kier alpha value is -3.40. The molecule has 4 nitrogen and oxygen atoms in total. The molecule has 0 aliphatic rings. The van der Waals surface area contributed by atoms with Gasteiger partial charge < -0.3 is 10.2 Å². The van der Waals surface area contributed by atoms with Crippen molar-refractivity contribution in [2.24, 2.45) is 0 Å². The van der Waals surface area contributed by atoms with Crippen LogP contribution in [0.5, 0.6) is 0 Å². The summed E-state index contributed by atoms with van der Waals surface area (Å²) in [5.74, 6) is -0.169. The Balaban J connectivity index is 1.86. The van der Waals surface area contributed by atoms with Crippen molar-refractivity contribution >= 4 is 11.8 Å². The van der Waals surface area contributed by atoms with Gasteiger partial charge in [-0.3, -0.25) is 9.59 Å². The van der Waals surface area contributed by atoms with Gasteiger partial charge in [-0.2, -0.15) is 0 Å². The van der Waals surface area contributed by atoms with Crippen molar-refractivity contribution in [3.63, 3.8) is 0 Å². The van der Waals surface area contributed by atoms with Crippen molar-refractivity contribution in [3.05, 3.63) is 107 Å². The first kappa shape index (κ1) is 22.3. The van der Waals surface area contributed by atoms with Gasteiger partial charge in [0.15, 0.2) is 0 Å². The zero-order valence-electron chi connectivity index (χ0n) is 18.3. The van der Waals surface area contributed by atoms with Gasteiger partial charge in [-0.25, -0.2) is 0 Å². The van der Waals surface area contributed by atoms with Crippen molar-refractivity contribution in [2.75, 3.05) is 7.05 Å². The monoisotopic (exact) mass is 414 g/mol. The zero-order valence-corrected chi connectivity index (χ0v) is 18.3. The van der Waals surface area contributed by atoms with Crippen LogP contribution in [0.4, 0.5) is 0 Å². The summed E-state index contributed by atoms with van der Waals surface area (Å²) in [6.45, 7) is 2.44. The number of hydrogen-bond acceptors (Lipinski definition) is 2. The fourth-order valence-electron chi connectivity index (χ4n) is 3.65. The molecule has 0 bridgehead atoms. The van der Waals surface area contributed by atoms with E-state index in [4.69, 9.17) is 0 Å². The molecule has 4 heteroatoms. The number of rotatable bonds is 9. The molecule has 0 aromatic heterocycles. The van der Waals surface area contributed by atoms with Crippen LogP contribution in [-0.4, -0.2) is 29.8 Å². The second kappa shape index (κ2) is 11.1. The van der Waals surface area contributed by atoms with E-state index >= 15 is 0 Å². The molecule has 0 radical (unpaired) electrons. The average Bonchev–Trinajstić information content (AvgIpc) is 2.81. The van der Waals surface area contributed by atoms with E-state index in [1.165, 1.54) is 0 Å². The molecular formula is C27H30N2O2. The Kier molecular flexibility index (Phi) is 7.99. The molecule has 160 valence electrons. The Bertz CT molecular complexity index is 969. The van der Waals surface area contributed by atoms with Gasteiger partial charge >= 0.3 is 0 Å². The van der Waals surface area contributed by atoms with Crippen molar-refractivity contribution < 1.29 is 9.59 Å². The van der Waals surface area contributed by atoms with E-state index in [1.54, 1.807) is 11.9 Å². The minimum absolute atomic E-state index is 0.0195. The van der Waals surface area contributed by atoms with Crippen LogP contribution >= 0.6 is 0 Å². The fraction of sp³-hybridized carbons (Fsp3) is 0.259. The number of amides is 2. The Morgan fingerprint density at radius 3 is 1.97 bits per heavy atom. The number of carbonyl (C=O) groups is 2. The lowest BCUT2D eigenvalue weighted by Gasteiger charge is -2.31. The summed E-state index contributed by atoms with van der Waals surface area (Å²) in [4.78, 5) is 28.0. The van der Waals surface area contributed by atoms with Gasteiger partial charge in [0.25, 0.3) is 0 Å². The average molecular weight is 415 g/mol. The van der Waals surface area contributed by atoms with Gasteiger partial charge in [-0.05, 0) is 30.0 Å². The summed E-state index contributed by atoms with van der Waals surface area (Å²) in [5, 5.41) is 2.76. The van der Waals surface area contributed by atoms with E-state index in [9.17, 15) is 9.59 Å². The number of hydrogen-bond donors (Lipinski definition) is 1. The molecule has 0 saturated heterocycles. The topological polar surface area (TPSA) is 49.4 Å². The second-order valence-corrected chi connectivity index (χ2v) is 7.81. The van der Waals surface area contributed by atoms with Gasteiger partial charge in [0.1, 0.15) is 6.04 Å². The number of nitrogens with one attached hydrogen (secondary N) is 1. The molecule has 0 aliphatic heterocycles. The third-order valence-electron chi connectivity index (χ3n) is 5.46. The van der Waals surface area contributed by atoms with Crippen LogP contribution in [0.2, 0.25) is 0 Å². The smallest absolute Gasteiger partial charge is 0.242 e. The lowest BCUT2D eigenvalue weighted by Crippen LogP contribution is -2.49. The molecule has 0 aliphatic carbocycles. The summed E-state index contributed by atoms with van der Waals surface area (Å²) in [6, 6.07) is 27.4. The van der Waals surface area contributed by atoms with Gasteiger partial charge in [0.05, 0.1) is 0 Å². The Labute approximate surface area is 184 Å². The molecule has 0 spiro atoms. The number of carbonyl (C=O) groups excluding carboxylic acids is 2. The lowest BCUT2D eigenvalue weighted by molar-refractivity contribution is -0.141. The summed E-state index contributed by atoms with van der Waals surface area (Å²) in [6.07, 6.45) is 1.48. The van der Waals surface area contributed by atoms with Crippen molar-refractivity contribution in [3.8, 4) is 0 Å². The molecule has 2 amide bonds. The van der Waals surface area contributed by atoms with Crippen LogP contribution in [0.1, 0.15) is 28.7 Å².